The zero-order chi connectivity index (χ0) is 15.5. The van der Waals surface area contributed by atoms with Crippen molar-refractivity contribution in [1.82, 2.24) is 14.7 Å². The number of nitrogens with zero attached hydrogens (tertiary/aromatic N) is 3. The van der Waals surface area contributed by atoms with E-state index in [2.05, 4.69) is 23.9 Å². The van der Waals surface area contributed by atoms with Crippen LogP contribution < -0.4 is 9.47 Å². The molecule has 0 saturated carbocycles. The number of carbonyl (C=O) groups excluding carboxylic acids is 1. The van der Waals surface area contributed by atoms with Crippen molar-refractivity contribution < 1.29 is 14.3 Å². The minimum Gasteiger partial charge on any atom is -0.454 e. The Morgan fingerprint density at radius 1 is 1.14 bits per heavy atom. The summed E-state index contributed by atoms with van der Waals surface area (Å²) in [6.07, 6.45) is 0. The monoisotopic (exact) mass is 305 g/mol. The van der Waals surface area contributed by atoms with Gasteiger partial charge in [-0.3, -0.25) is 9.69 Å². The van der Waals surface area contributed by atoms with E-state index in [0.717, 1.165) is 39.3 Å². The molecule has 1 amide bonds. The Hall–Kier alpha value is -1.79. The van der Waals surface area contributed by atoms with Gasteiger partial charge in [0.05, 0.1) is 0 Å². The molecule has 22 heavy (non-hydrogen) atoms. The van der Waals surface area contributed by atoms with Crippen molar-refractivity contribution in [2.24, 2.45) is 0 Å². The SMILES string of the molecule is CN(C)CCN1CCN(C(=O)c2ccc3c(c2)OCO3)CC1. The number of carbonyl (C=O) groups is 1. The minimum atomic E-state index is 0.0746. The predicted octanol–water partition coefficient (Wildman–Crippen LogP) is 0.735. The van der Waals surface area contributed by atoms with Crippen molar-refractivity contribution in [3.63, 3.8) is 0 Å². The van der Waals surface area contributed by atoms with Crippen LogP contribution >= 0.6 is 0 Å². The molecular formula is C16H23N3O3. The third kappa shape index (κ3) is 3.34. The molecule has 2 aliphatic heterocycles. The molecule has 0 bridgehead atoms. The molecule has 6 heteroatoms. The van der Waals surface area contributed by atoms with Gasteiger partial charge in [-0.25, -0.2) is 0 Å². The van der Waals surface area contributed by atoms with Crippen LogP contribution in [0.3, 0.4) is 0 Å². The van der Waals surface area contributed by atoms with Crippen LogP contribution in [0.15, 0.2) is 18.2 Å². The summed E-state index contributed by atoms with van der Waals surface area (Å²) in [5, 5.41) is 0. The fourth-order valence-corrected chi connectivity index (χ4v) is 2.73. The lowest BCUT2D eigenvalue weighted by Crippen LogP contribution is -2.49. The van der Waals surface area contributed by atoms with E-state index in [9.17, 15) is 4.79 Å². The van der Waals surface area contributed by atoms with Crippen LogP contribution in [0.4, 0.5) is 0 Å². The quantitative estimate of drug-likeness (QED) is 0.821. The van der Waals surface area contributed by atoms with Gasteiger partial charge in [-0.05, 0) is 32.3 Å². The third-order valence-corrected chi connectivity index (χ3v) is 4.14. The Morgan fingerprint density at radius 3 is 2.59 bits per heavy atom. The van der Waals surface area contributed by atoms with Crippen molar-refractivity contribution in [2.45, 2.75) is 0 Å². The normalized spacial score (nSPS) is 18.0. The molecule has 0 spiro atoms. The molecule has 0 unspecified atom stereocenters. The van der Waals surface area contributed by atoms with Crippen molar-refractivity contribution in [1.29, 1.82) is 0 Å². The van der Waals surface area contributed by atoms with Gasteiger partial charge in [0.1, 0.15) is 0 Å². The molecule has 1 saturated heterocycles. The number of benzene rings is 1. The molecule has 1 fully saturated rings. The zero-order valence-electron chi connectivity index (χ0n) is 13.2. The van der Waals surface area contributed by atoms with E-state index in [1.807, 2.05) is 17.0 Å². The average molecular weight is 305 g/mol. The highest BCUT2D eigenvalue weighted by Crippen LogP contribution is 2.32. The molecule has 0 aliphatic carbocycles. The number of rotatable bonds is 4. The Balaban J connectivity index is 1.56. The minimum absolute atomic E-state index is 0.0746. The molecule has 120 valence electrons. The summed E-state index contributed by atoms with van der Waals surface area (Å²) in [6.45, 7) is 5.77. The molecule has 1 aromatic rings. The van der Waals surface area contributed by atoms with Crippen LogP contribution in [0.5, 0.6) is 11.5 Å². The Bertz CT molecular complexity index is 539. The molecule has 1 aromatic carbocycles. The highest BCUT2D eigenvalue weighted by molar-refractivity contribution is 5.95. The van der Waals surface area contributed by atoms with E-state index in [1.165, 1.54) is 0 Å². The van der Waals surface area contributed by atoms with Crippen molar-refractivity contribution >= 4 is 5.91 Å². The maximum atomic E-state index is 12.6. The maximum Gasteiger partial charge on any atom is 0.254 e. The van der Waals surface area contributed by atoms with Crippen molar-refractivity contribution in [3.05, 3.63) is 23.8 Å². The second kappa shape index (κ2) is 6.54. The van der Waals surface area contributed by atoms with Gasteiger partial charge in [0, 0.05) is 44.8 Å². The summed E-state index contributed by atoms with van der Waals surface area (Å²) < 4.78 is 10.6. The van der Waals surface area contributed by atoms with Crippen molar-refractivity contribution in [2.75, 3.05) is 60.2 Å². The molecule has 3 rings (SSSR count). The summed E-state index contributed by atoms with van der Waals surface area (Å²) in [5.41, 5.74) is 0.672. The number of fused-ring (bicyclic) bond motifs is 1. The highest BCUT2D eigenvalue weighted by Gasteiger charge is 2.23. The lowest BCUT2D eigenvalue weighted by Gasteiger charge is -2.35. The standard InChI is InChI=1S/C16H23N3O3/c1-17(2)5-6-18-7-9-19(10-8-18)16(20)13-3-4-14-15(11-13)22-12-21-14/h3-4,11H,5-10,12H2,1-2H3. The number of piperazine rings is 1. The number of ether oxygens (including phenoxy) is 2. The number of amides is 1. The van der Waals surface area contributed by atoms with E-state index >= 15 is 0 Å². The van der Waals surface area contributed by atoms with Crippen LogP contribution in [0.1, 0.15) is 10.4 Å². The van der Waals surface area contributed by atoms with E-state index in [0.29, 0.717) is 17.1 Å². The van der Waals surface area contributed by atoms with Crippen LogP contribution in [-0.4, -0.2) is 80.8 Å². The largest absolute Gasteiger partial charge is 0.454 e. The van der Waals surface area contributed by atoms with Crippen molar-refractivity contribution in [3.8, 4) is 11.5 Å². The van der Waals surface area contributed by atoms with Gasteiger partial charge in [-0.15, -0.1) is 0 Å². The average Bonchev–Trinajstić information content (AvgIpc) is 3.00. The first-order valence-electron chi connectivity index (χ1n) is 7.69. The fourth-order valence-electron chi connectivity index (χ4n) is 2.73. The van der Waals surface area contributed by atoms with E-state index in [4.69, 9.17) is 9.47 Å². The van der Waals surface area contributed by atoms with E-state index < -0.39 is 0 Å². The topological polar surface area (TPSA) is 45.2 Å². The number of hydrogen-bond donors (Lipinski definition) is 0. The first-order chi connectivity index (χ1) is 10.6. The van der Waals surface area contributed by atoms with E-state index in [1.54, 1.807) is 6.07 Å². The summed E-state index contributed by atoms with van der Waals surface area (Å²) in [4.78, 5) is 19.1. The Morgan fingerprint density at radius 2 is 1.86 bits per heavy atom. The zero-order valence-corrected chi connectivity index (χ0v) is 13.2. The second-order valence-electron chi connectivity index (χ2n) is 6.01. The first-order valence-corrected chi connectivity index (χ1v) is 7.69. The van der Waals surface area contributed by atoms with Gasteiger partial charge in [-0.2, -0.15) is 0 Å². The van der Waals surface area contributed by atoms with Gasteiger partial charge >= 0.3 is 0 Å². The lowest BCUT2D eigenvalue weighted by molar-refractivity contribution is 0.0629. The van der Waals surface area contributed by atoms with Crippen LogP contribution in [-0.2, 0) is 0 Å². The first kappa shape index (κ1) is 15.1. The molecule has 0 radical (unpaired) electrons. The Kier molecular flexibility index (Phi) is 4.49. The molecule has 2 heterocycles. The van der Waals surface area contributed by atoms with Gasteiger partial charge in [0.2, 0.25) is 6.79 Å². The number of hydrogen-bond acceptors (Lipinski definition) is 5. The van der Waals surface area contributed by atoms with E-state index in [-0.39, 0.29) is 12.7 Å². The lowest BCUT2D eigenvalue weighted by atomic mass is 10.1. The molecule has 0 atom stereocenters. The number of likely N-dealkylation sites (N-methyl/N-ethyl adjacent to an activating group) is 1. The third-order valence-electron chi connectivity index (χ3n) is 4.14. The smallest absolute Gasteiger partial charge is 0.254 e. The molecule has 0 N–H and O–H groups in total. The molecule has 6 nitrogen and oxygen atoms in total. The van der Waals surface area contributed by atoms with Crippen LogP contribution in [0.25, 0.3) is 0 Å². The fraction of sp³-hybridized carbons (Fsp3) is 0.562. The molecule has 0 aromatic heterocycles. The van der Waals surface area contributed by atoms with Gasteiger partial charge in [0.15, 0.2) is 11.5 Å². The Labute approximate surface area is 131 Å². The van der Waals surface area contributed by atoms with Crippen LogP contribution in [0, 0.1) is 0 Å². The maximum absolute atomic E-state index is 12.6. The van der Waals surface area contributed by atoms with Gasteiger partial charge in [-0.1, -0.05) is 0 Å². The van der Waals surface area contributed by atoms with Gasteiger partial charge < -0.3 is 19.3 Å². The summed E-state index contributed by atoms with van der Waals surface area (Å²) in [6, 6.07) is 5.40. The van der Waals surface area contributed by atoms with Gasteiger partial charge in [0.25, 0.3) is 5.91 Å². The summed E-state index contributed by atoms with van der Waals surface area (Å²) in [5.74, 6) is 1.45. The predicted molar refractivity (Wildman–Crippen MR) is 83.5 cm³/mol. The molecule has 2 aliphatic rings. The van der Waals surface area contributed by atoms with Crippen LogP contribution in [0.2, 0.25) is 0 Å². The highest BCUT2D eigenvalue weighted by atomic mass is 16.7. The summed E-state index contributed by atoms with van der Waals surface area (Å²) in [7, 11) is 4.17. The second-order valence-corrected chi connectivity index (χ2v) is 6.01. The summed E-state index contributed by atoms with van der Waals surface area (Å²) >= 11 is 0. The molecular weight excluding hydrogens is 282 g/mol.